The Hall–Kier alpha value is -1.36. The number of hydrogen-bond donors (Lipinski definition) is 1. The molecule has 2 aliphatic rings. The van der Waals surface area contributed by atoms with E-state index in [1.165, 1.54) is 13.1 Å². The number of aromatic nitrogens is 2. The van der Waals surface area contributed by atoms with Gasteiger partial charge in [-0.2, -0.15) is 0 Å². The zero-order valence-electron chi connectivity index (χ0n) is 10.4. The highest BCUT2D eigenvalue weighted by Gasteiger charge is 2.39. The minimum atomic E-state index is 0.813. The molecule has 1 aromatic heterocycles. The number of nitrogens with zero attached hydrogens (tertiary/aromatic N) is 4. The lowest BCUT2D eigenvalue weighted by atomic mass is 10.0. The van der Waals surface area contributed by atoms with E-state index in [1.807, 2.05) is 13.1 Å². The highest BCUT2D eigenvalue weighted by atomic mass is 15.3. The summed E-state index contributed by atoms with van der Waals surface area (Å²) in [5, 5.41) is 3.06. The van der Waals surface area contributed by atoms with Crippen LogP contribution in [0.5, 0.6) is 0 Å². The second-order valence-corrected chi connectivity index (χ2v) is 5.16. The summed E-state index contributed by atoms with van der Waals surface area (Å²) >= 11 is 0. The maximum Gasteiger partial charge on any atom is 0.134 e. The third-order valence-corrected chi connectivity index (χ3v) is 3.90. The summed E-state index contributed by atoms with van der Waals surface area (Å²) in [7, 11) is 4.10. The van der Waals surface area contributed by atoms with Gasteiger partial charge in [-0.1, -0.05) is 0 Å². The number of likely N-dealkylation sites (tertiary alicyclic amines) is 1. The van der Waals surface area contributed by atoms with E-state index in [-0.39, 0.29) is 0 Å². The minimum absolute atomic E-state index is 0.813. The van der Waals surface area contributed by atoms with Crippen LogP contribution in [0.25, 0.3) is 0 Å². The van der Waals surface area contributed by atoms with Crippen LogP contribution in [-0.4, -0.2) is 55.1 Å². The van der Waals surface area contributed by atoms with E-state index in [0.717, 1.165) is 36.6 Å². The van der Waals surface area contributed by atoms with Crippen molar-refractivity contribution in [2.24, 2.45) is 11.8 Å². The van der Waals surface area contributed by atoms with Crippen molar-refractivity contribution in [2.45, 2.75) is 0 Å². The van der Waals surface area contributed by atoms with Gasteiger partial charge < -0.3 is 15.1 Å². The van der Waals surface area contributed by atoms with Gasteiger partial charge in [0.05, 0.1) is 0 Å². The van der Waals surface area contributed by atoms with Gasteiger partial charge in [0.25, 0.3) is 0 Å². The summed E-state index contributed by atoms with van der Waals surface area (Å²) in [5.41, 5.74) is 0. The molecule has 3 heterocycles. The molecule has 0 bridgehead atoms. The van der Waals surface area contributed by atoms with E-state index in [0.29, 0.717) is 0 Å². The third kappa shape index (κ3) is 1.95. The summed E-state index contributed by atoms with van der Waals surface area (Å²) in [6.45, 7) is 4.72. The van der Waals surface area contributed by atoms with Gasteiger partial charge in [0.15, 0.2) is 0 Å². The largest absolute Gasteiger partial charge is 0.373 e. The predicted octanol–water partition coefficient (Wildman–Crippen LogP) is 0.516. The van der Waals surface area contributed by atoms with Gasteiger partial charge >= 0.3 is 0 Å². The van der Waals surface area contributed by atoms with Gasteiger partial charge in [-0.05, 0) is 18.9 Å². The zero-order valence-corrected chi connectivity index (χ0v) is 10.4. The monoisotopic (exact) mass is 233 g/mol. The second-order valence-electron chi connectivity index (χ2n) is 5.16. The quantitative estimate of drug-likeness (QED) is 0.806. The molecule has 0 amide bonds. The van der Waals surface area contributed by atoms with Gasteiger partial charge in [0, 0.05) is 39.3 Å². The van der Waals surface area contributed by atoms with Crippen molar-refractivity contribution in [3.8, 4) is 0 Å². The highest BCUT2D eigenvalue weighted by molar-refractivity contribution is 5.49. The first-order chi connectivity index (χ1) is 8.26. The van der Waals surface area contributed by atoms with Crippen LogP contribution in [0.3, 0.4) is 0 Å². The average molecular weight is 233 g/mol. The van der Waals surface area contributed by atoms with Gasteiger partial charge in [-0.3, -0.25) is 0 Å². The Morgan fingerprint density at radius 3 is 2.53 bits per heavy atom. The van der Waals surface area contributed by atoms with Crippen LogP contribution in [0.2, 0.25) is 0 Å². The molecular formula is C12H19N5. The molecule has 0 aromatic carbocycles. The molecule has 0 aliphatic carbocycles. The summed E-state index contributed by atoms with van der Waals surface area (Å²) in [5.74, 6) is 3.58. The van der Waals surface area contributed by atoms with Gasteiger partial charge in [0.1, 0.15) is 18.0 Å². The van der Waals surface area contributed by atoms with Crippen LogP contribution in [0.15, 0.2) is 12.4 Å². The molecule has 92 valence electrons. The first-order valence-corrected chi connectivity index (χ1v) is 6.19. The molecule has 2 saturated heterocycles. The summed E-state index contributed by atoms with van der Waals surface area (Å²) in [6.07, 6.45) is 1.64. The SMILES string of the molecule is CNc1cc(N2C[C@@H]3CN(C)C[C@H]3C2)ncn1. The molecule has 0 saturated carbocycles. The van der Waals surface area contributed by atoms with Crippen LogP contribution in [0, 0.1) is 11.8 Å². The lowest BCUT2D eigenvalue weighted by Gasteiger charge is -2.20. The molecule has 3 rings (SSSR count). The van der Waals surface area contributed by atoms with Crippen molar-refractivity contribution >= 4 is 11.6 Å². The average Bonchev–Trinajstić information content (AvgIpc) is 2.86. The normalized spacial score (nSPS) is 28.5. The molecule has 1 N–H and O–H groups in total. The molecule has 1 aromatic rings. The summed E-state index contributed by atoms with van der Waals surface area (Å²) < 4.78 is 0. The fourth-order valence-corrected chi connectivity index (χ4v) is 3.07. The number of nitrogens with one attached hydrogen (secondary N) is 1. The molecule has 0 spiro atoms. The molecule has 5 heteroatoms. The Morgan fingerprint density at radius 2 is 1.88 bits per heavy atom. The first kappa shape index (κ1) is 10.8. The lowest BCUT2D eigenvalue weighted by molar-refractivity contribution is 0.387. The fraction of sp³-hybridized carbons (Fsp3) is 0.667. The molecule has 2 atom stereocenters. The van der Waals surface area contributed by atoms with Crippen LogP contribution in [0.4, 0.5) is 11.6 Å². The van der Waals surface area contributed by atoms with Crippen molar-refractivity contribution in [2.75, 3.05) is 50.5 Å². The van der Waals surface area contributed by atoms with Crippen molar-refractivity contribution in [1.82, 2.24) is 14.9 Å². The Morgan fingerprint density at radius 1 is 1.18 bits per heavy atom. The molecule has 2 aliphatic heterocycles. The Balaban J connectivity index is 1.74. The van der Waals surface area contributed by atoms with Crippen molar-refractivity contribution < 1.29 is 0 Å². The van der Waals surface area contributed by atoms with Crippen LogP contribution >= 0.6 is 0 Å². The molecule has 2 fully saturated rings. The lowest BCUT2D eigenvalue weighted by Crippen LogP contribution is -2.27. The fourth-order valence-electron chi connectivity index (χ4n) is 3.07. The van der Waals surface area contributed by atoms with Gasteiger partial charge in [0.2, 0.25) is 0 Å². The standard InChI is InChI=1S/C12H19N5/c1-13-11-3-12(15-8-14-11)17-6-9-4-16(2)5-10(9)7-17/h3,8-10H,4-7H2,1-2H3,(H,13,14,15)/t9-,10-/m0/s1. The van der Waals surface area contributed by atoms with Crippen LogP contribution in [0.1, 0.15) is 0 Å². The first-order valence-electron chi connectivity index (χ1n) is 6.19. The number of hydrogen-bond acceptors (Lipinski definition) is 5. The van der Waals surface area contributed by atoms with E-state index in [2.05, 4.69) is 32.1 Å². The Kier molecular flexibility index (Phi) is 2.63. The topological polar surface area (TPSA) is 44.3 Å². The van der Waals surface area contributed by atoms with Crippen LogP contribution < -0.4 is 10.2 Å². The van der Waals surface area contributed by atoms with E-state index in [4.69, 9.17) is 0 Å². The van der Waals surface area contributed by atoms with E-state index >= 15 is 0 Å². The van der Waals surface area contributed by atoms with Crippen molar-refractivity contribution in [1.29, 1.82) is 0 Å². The minimum Gasteiger partial charge on any atom is -0.373 e. The van der Waals surface area contributed by atoms with Crippen molar-refractivity contribution in [3.05, 3.63) is 12.4 Å². The van der Waals surface area contributed by atoms with Gasteiger partial charge in [-0.15, -0.1) is 0 Å². The Bertz CT molecular complexity index is 394. The van der Waals surface area contributed by atoms with Crippen LogP contribution in [-0.2, 0) is 0 Å². The molecule has 5 nitrogen and oxygen atoms in total. The molecular weight excluding hydrogens is 214 g/mol. The smallest absolute Gasteiger partial charge is 0.134 e. The number of rotatable bonds is 2. The summed E-state index contributed by atoms with van der Waals surface area (Å²) in [6, 6.07) is 2.03. The molecule has 17 heavy (non-hydrogen) atoms. The summed E-state index contributed by atoms with van der Waals surface area (Å²) in [4.78, 5) is 13.4. The third-order valence-electron chi connectivity index (χ3n) is 3.90. The second kappa shape index (κ2) is 4.14. The van der Waals surface area contributed by atoms with E-state index in [9.17, 15) is 0 Å². The molecule has 0 radical (unpaired) electrons. The zero-order chi connectivity index (χ0) is 11.8. The maximum atomic E-state index is 4.38. The van der Waals surface area contributed by atoms with Crippen molar-refractivity contribution in [3.63, 3.8) is 0 Å². The number of fused-ring (bicyclic) bond motifs is 1. The maximum absolute atomic E-state index is 4.38. The highest BCUT2D eigenvalue weighted by Crippen LogP contribution is 2.32. The predicted molar refractivity (Wildman–Crippen MR) is 68.3 cm³/mol. The van der Waals surface area contributed by atoms with E-state index in [1.54, 1.807) is 6.33 Å². The molecule has 0 unspecified atom stereocenters. The number of anilines is 2. The van der Waals surface area contributed by atoms with Gasteiger partial charge in [-0.25, -0.2) is 9.97 Å². The Labute approximate surface area is 102 Å². The van der Waals surface area contributed by atoms with E-state index < -0.39 is 0 Å².